The van der Waals surface area contributed by atoms with Crippen LogP contribution in [0.2, 0.25) is 0 Å². The van der Waals surface area contributed by atoms with Crippen LogP contribution in [0.15, 0.2) is 30.3 Å². The largest absolute Gasteiger partial charge is 0.616 e. The van der Waals surface area contributed by atoms with Crippen molar-refractivity contribution in [3.8, 4) is 11.5 Å². The zero-order valence-electron chi connectivity index (χ0n) is 24.1. The molecule has 1 aliphatic carbocycles. The van der Waals surface area contributed by atoms with Gasteiger partial charge in [-0.2, -0.15) is 22.0 Å². The molecule has 2 aromatic rings. The first kappa shape index (κ1) is 35.0. The van der Waals surface area contributed by atoms with E-state index in [1.807, 2.05) is 11.9 Å². The minimum atomic E-state index is -5.63. The molecule has 0 saturated carbocycles. The lowest BCUT2D eigenvalue weighted by Gasteiger charge is -2.21. The van der Waals surface area contributed by atoms with E-state index >= 15 is 0 Å². The average Bonchev–Trinajstić information content (AvgIpc) is 3.09. The molecule has 2 aromatic carbocycles. The highest BCUT2D eigenvalue weighted by Crippen LogP contribution is 2.41. The number of phenols is 2. The Kier molecular flexibility index (Phi) is 12.6. The Balaban J connectivity index is 1.49. The van der Waals surface area contributed by atoms with Gasteiger partial charge in [-0.15, -0.1) is 0 Å². The third kappa shape index (κ3) is 10.0. The first-order valence-electron chi connectivity index (χ1n) is 14.4. The predicted octanol–water partition coefficient (Wildman–Crippen LogP) is 8.23. The summed E-state index contributed by atoms with van der Waals surface area (Å²) in [4.78, 5) is 2.00. The van der Waals surface area contributed by atoms with Gasteiger partial charge in [0.25, 0.3) is 0 Å². The van der Waals surface area contributed by atoms with Crippen LogP contribution >= 0.6 is 0 Å². The second-order valence-corrected chi connectivity index (χ2v) is 12.8. The fourth-order valence-electron chi connectivity index (χ4n) is 5.30. The molecule has 2 N–H and O–H groups in total. The van der Waals surface area contributed by atoms with Crippen molar-refractivity contribution in [3.05, 3.63) is 58.7 Å². The minimum Gasteiger partial charge on any atom is -0.616 e. The van der Waals surface area contributed by atoms with Crippen LogP contribution in [0.25, 0.3) is 11.1 Å². The van der Waals surface area contributed by atoms with Crippen molar-refractivity contribution in [2.24, 2.45) is 0 Å². The number of fused-ring (bicyclic) bond motifs is 1. The molecule has 240 valence electrons. The molecule has 0 radical (unpaired) electrons. The van der Waals surface area contributed by atoms with Crippen LogP contribution < -0.4 is 0 Å². The SMILES string of the molecule is CN(CCCCCCC1=C(c2ccc(F)c(O)c2)CCCc2cc(O)c(F)cc21)CCC[S+]([O-])CCC(F)(F)C(F)(F)F. The maximum absolute atomic E-state index is 14.4. The molecule has 4 nitrogen and oxygen atoms in total. The molecule has 0 bridgehead atoms. The Labute approximate surface area is 250 Å². The topological polar surface area (TPSA) is 66.8 Å². The Morgan fingerprint density at radius 1 is 0.837 bits per heavy atom. The van der Waals surface area contributed by atoms with Crippen LogP contribution in [0.5, 0.6) is 11.5 Å². The van der Waals surface area contributed by atoms with Crippen molar-refractivity contribution >= 4 is 22.3 Å². The summed E-state index contributed by atoms with van der Waals surface area (Å²) in [7, 11) is 1.86. The predicted molar refractivity (Wildman–Crippen MR) is 155 cm³/mol. The van der Waals surface area contributed by atoms with E-state index in [9.17, 15) is 45.5 Å². The van der Waals surface area contributed by atoms with Crippen molar-refractivity contribution in [2.75, 3.05) is 31.6 Å². The van der Waals surface area contributed by atoms with Crippen LogP contribution in [-0.2, 0) is 17.6 Å². The summed E-state index contributed by atoms with van der Waals surface area (Å²) in [5, 5.41) is 19.9. The van der Waals surface area contributed by atoms with E-state index < -0.39 is 58.6 Å². The zero-order chi connectivity index (χ0) is 31.8. The number of hydrogen-bond acceptors (Lipinski definition) is 4. The lowest BCUT2D eigenvalue weighted by atomic mass is 9.88. The quantitative estimate of drug-likeness (QED) is 0.117. The number of allylic oxidation sites excluding steroid dienone is 2. The van der Waals surface area contributed by atoms with Crippen molar-refractivity contribution in [1.29, 1.82) is 0 Å². The van der Waals surface area contributed by atoms with Gasteiger partial charge >= 0.3 is 12.1 Å². The van der Waals surface area contributed by atoms with E-state index in [1.54, 1.807) is 6.07 Å². The van der Waals surface area contributed by atoms with E-state index in [1.165, 1.54) is 24.3 Å². The summed E-state index contributed by atoms with van der Waals surface area (Å²) in [5.41, 5.74) is 4.05. The molecule has 0 aromatic heterocycles. The average molecular weight is 638 g/mol. The molecule has 0 heterocycles. The van der Waals surface area contributed by atoms with E-state index in [0.29, 0.717) is 43.4 Å². The number of hydrogen-bond donors (Lipinski definition) is 2. The fourth-order valence-corrected chi connectivity index (χ4v) is 6.44. The number of nitrogens with zero attached hydrogens (tertiary/aromatic N) is 1. The highest BCUT2D eigenvalue weighted by molar-refractivity contribution is 7.91. The molecule has 0 saturated heterocycles. The highest BCUT2D eigenvalue weighted by Gasteiger charge is 2.57. The Bertz CT molecular complexity index is 1250. The molecule has 43 heavy (non-hydrogen) atoms. The molecule has 1 atom stereocenters. The van der Waals surface area contributed by atoms with Gasteiger partial charge in [-0.3, -0.25) is 0 Å². The van der Waals surface area contributed by atoms with Gasteiger partial charge in [0.2, 0.25) is 0 Å². The number of rotatable bonds is 15. The van der Waals surface area contributed by atoms with E-state index in [-0.39, 0.29) is 5.75 Å². The third-order valence-electron chi connectivity index (χ3n) is 7.72. The van der Waals surface area contributed by atoms with Gasteiger partial charge in [0.05, 0.1) is 6.42 Å². The van der Waals surface area contributed by atoms with Crippen LogP contribution in [0.1, 0.15) is 74.5 Å². The molecule has 12 heteroatoms. The van der Waals surface area contributed by atoms with Gasteiger partial charge < -0.3 is 19.7 Å². The monoisotopic (exact) mass is 637 g/mol. The van der Waals surface area contributed by atoms with Crippen LogP contribution in [-0.4, -0.2) is 63.4 Å². The lowest BCUT2D eigenvalue weighted by molar-refractivity contribution is -0.282. The molecule has 1 aliphatic rings. The Hall–Kier alpha value is -2.44. The van der Waals surface area contributed by atoms with Crippen molar-refractivity contribution in [2.45, 2.75) is 76.3 Å². The lowest BCUT2D eigenvalue weighted by Crippen LogP contribution is -2.38. The number of aryl methyl sites for hydroxylation is 1. The maximum atomic E-state index is 14.4. The highest BCUT2D eigenvalue weighted by atomic mass is 32.2. The number of aromatic hydroxyl groups is 2. The molecular weight excluding hydrogens is 599 g/mol. The second kappa shape index (κ2) is 15.5. The summed E-state index contributed by atoms with van der Waals surface area (Å²) in [6.45, 7) is 1.27. The molecule has 0 fully saturated rings. The third-order valence-corrected chi connectivity index (χ3v) is 9.12. The summed E-state index contributed by atoms with van der Waals surface area (Å²) >= 11 is -1.75. The van der Waals surface area contributed by atoms with Gasteiger partial charge in [-0.1, -0.05) is 30.1 Å². The number of alkyl halides is 5. The second-order valence-electron chi connectivity index (χ2n) is 11.1. The molecule has 1 unspecified atom stereocenters. The Morgan fingerprint density at radius 3 is 2.21 bits per heavy atom. The summed E-state index contributed by atoms with van der Waals surface area (Å²) in [5.74, 6) is -7.77. The first-order valence-corrected chi connectivity index (χ1v) is 15.9. The van der Waals surface area contributed by atoms with Crippen molar-refractivity contribution < 1.29 is 45.5 Å². The zero-order valence-corrected chi connectivity index (χ0v) is 24.9. The fraction of sp³-hybridized carbons (Fsp3) is 0.548. The summed E-state index contributed by atoms with van der Waals surface area (Å²) < 4.78 is 103. The van der Waals surface area contributed by atoms with E-state index in [2.05, 4.69) is 0 Å². The Morgan fingerprint density at radius 2 is 1.51 bits per heavy atom. The van der Waals surface area contributed by atoms with E-state index in [4.69, 9.17) is 0 Å². The standard InChI is InChI=1S/C31H38F7NO3S/c1-39(15-7-16-43(42)17-13-30(34,35)31(36,37)38)14-5-3-2-4-9-24-23(22-11-12-26(32)28(40)19-22)10-6-8-21-18-29(41)27(33)20-25(21)24/h11-12,18-20,40-41H,2-10,13-17H2,1H3. The molecule has 3 rings (SSSR count). The maximum Gasteiger partial charge on any atom is 0.453 e. The van der Waals surface area contributed by atoms with Crippen LogP contribution in [0, 0.1) is 11.6 Å². The molecule has 0 spiro atoms. The van der Waals surface area contributed by atoms with Crippen molar-refractivity contribution in [1.82, 2.24) is 4.90 Å². The summed E-state index contributed by atoms with van der Waals surface area (Å²) in [6, 6.07) is 7.00. The number of halogens is 7. The number of phenolic OH excluding ortho intramolecular Hbond substituents is 2. The van der Waals surface area contributed by atoms with Gasteiger partial charge in [0.15, 0.2) is 23.1 Å². The van der Waals surface area contributed by atoms with Gasteiger partial charge in [-0.05, 0) is 104 Å². The summed E-state index contributed by atoms with van der Waals surface area (Å²) in [6.07, 6.45) is -0.629. The smallest absolute Gasteiger partial charge is 0.453 e. The molecule has 0 amide bonds. The number of unbranched alkanes of at least 4 members (excludes halogenated alkanes) is 3. The van der Waals surface area contributed by atoms with Crippen molar-refractivity contribution in [3.63, 3.8) is 0 Å². The number of benzene rings is 2. The first-order chi connectivity index (χ1) is 20.2. The van der Waals surface area contributed by atoms with Gasteiger partial charge in [-0.25, -0.2) is 8.78 Å². The normalized spacial score (nSPS) is 15.1. The van der Waals surface area contributed by atoms with Gasteiger partial charge in [0, 0.05) is 13.0 Å². The van der Waals surface area contributed by atoms with Crippen LogP contribution in [0.4, 0.5) is 30.7 Å². The molecular formula is C31H38F7NO3S. The van der Waals surface area contributed by atoms with Crippen LogP contribution in [0.3, 0.4) is 0 Å². The minimum absolute atomic E-state index is 0.0569. The van der Waals surface area contributed by atoms with E-state index in [0.717, 1.165) is 55.4 Å². The molecule has 0 aliphatic heterocycles. The van der Waals surface area contributed by atoms with Gasteiger partial charge in [0.1, 0.15) is 11.5 Å².